The van der Waals surface area contributed by atoms with Gasteiger partial charge in [0.25, 0.3) is 0 Å². The highest BCUT2D eigenvalue weighted by atomic mass is 35.5. The van der Waals surface area contributed by atoms with Gasteiger partial charge in [-0.15, -0.1) is 0 Å². The predicted molar refractivity (Wildman–Crippen MR) is 72.9 cm³/mol. The van der Waals surface area contributed by atoms with E-state index < -0.39 is 0 Å². The second-order valence-electron chi connectivity index (χ2n) is 3.66. The van der Waals surface area contributed by atoms with Crippen LogP contribution in [0.4, 0.5) is 0 Å². The van der Waals surface area contributed by atoms with E-state index in [1.165, 1.54) is 5.56 Å². The van der Waals surface area contributed by atoms with Gasteiger partial charge in [-0.1, -0.05) is 17.7 Å². The van der Waals surface area contributed by atoms with Crippen LogP contribution in [0.2, 0.25) is 5.02 Å². The summed E-state index contributed by atoms with van der Waals surface area (Å²) in [6.45, 7) is 1.55. The lowest BCUT2D eigenvalue weighted by atomic mass is 10.2. The second-order valence-corrected chi connectivity index (χ2v) is 4.84. The standard InChI is InChI=1S/C13H14ClNOS/c1-16-13-4-2-3-12(14)11(13)8-15-7-10-5-6-17-9-10/h2-6,9,15H,7-8H2,1H3. The van der Waals surface area contributed by atoms with Gasteiger partial charge in [-0.25, -0.2) is 0 Å². The van der Waals surface area contributed by atoms with Gasteiger partial charge in [0.2, 0.25) is 0 Å². The molecule has 0 atom stereocenters. The number of hydrogen-bond acceptors (Lipinski definition) is 3. The van der Waals surface area contributed by atoms with Gasteiger partial charge in [-0.05, 0) is 34.5 Å². The summed E-state index contributed by atoms with van der Waals surface area (Å²) in [5.74, 6) is 0.829. The average molecular weight is 268 g/mol. The first-order valence-electron chi connectivity index (χ1n) is 5.34. The molecule has 0 amide bonds. The van der Waals surface area contributed by atoms with Crippen molar-refractivity contribution in [2.24, 2.45) is 0 Å². The van der Waals surface area contributed by atoms with Crippen molar-refractivity contribution in [1.82, 2.24) is 5.32 Å². The topological polar surface area (TPSA) is 21.3 Å². The summed E-state index contributed by atoms with van der Waals surface area (Å²) in [7, 11) is 1.66. The van der Waals surface area contributed by atoms with Crippen LogP contribution in [0.25, 0.3) is 0 Å². The fraction of sp³-hybridized carbons (Fsp3) is 0.231. The Bertz CT molecular complexity index is 470. The Labute approximate surface area is 110 Å². The first-order valence-corrected chi connectivity index (χ1v) is 6.66. The molecule has 2 nitrogen and oxygen atoms in total. The molecule has 1 N–H and O–H groups in total. The van der Waals surface area contributed by atoms with Crippen LogP contribution in [-0.2, 0) is 13.1 Å². The van der Waals surface area contributed by atoms with Crippen LogP contribution in [0.3, 0.4) is 0 Å². The fourth-order valence-corrected chi connectivity index (χ4v) is 2.53. The van der Waals surface area contributed by atoms with E-state index in [4.69, 9.17) is 16.3 Å². The molecule has 0 aliphatic carbocycles. The van der Waals surface area contributed by atoms with E-state index >= 15 is 0 Å². The molecule has 0 radical (unpaired) electrons. The molecule has 1 aromatic carbocycles. The third kappa shape index (κ3) is 3.22. The van der Waals surface area contributed by atoms with Crippen LogP contribution < -0.4 is 10.1 Å². The first-order chi connectivity index (χ1) is 8.31. The average Bonchev–Trinajstić information content (AvgIpc) is 2.84. The molecular weight excluding hydrogens is 254 g/mol. The van der Waals surface area contributed by atoms with E-state index in [1.54, 1.807) is 18.4 Å². The Kier molecular flexibility index (Phi) is 4.42. The Balaban J connectivity index is 1.98. The summed E-state index contributed by atoms with van der Waals surface area (Å²) in [5, 5.41) is 8.31. The molecule has 0 aliphatic heterocycles. The molecule has 0 bridgehead atoms. The Morgan fingerprint density at radius 2 is 2.18 bits per heavy atom. The summed E-state index contributed by atoms with van der Waals surface area (Å²) >= 11 is 7.86. The smallest absolute Gasteiger partial charge is 0.124 e. The molecule has 17 heavy (non-hydrogen) atoms. The van der Waals surface area contributed by atoms with Gasteiger partial charge in [-0.3, -0.25) is 0 Å². The number of halogens is 1. The van der Waals surface area contributed by atoms with E-state index in [0.717, 1.165) is 22.9 Å². The largest absolute Gasteiger partial charge is 0.496 e. The Morgan fingerprint density at radius 3 is 2.88 bits per heavy atom. The number of methoxy groups -OCH3 is 1. The van der Waals surface area contributed by atoms with Gasteiger partial charge in [-0.2, -0.15) is 11.3 Å². The zero-order chi connectivity index (χ0) is 12.1. The molecule has 0 fully saturated rings. The number of rotatable bonds is 5. The van der Waals surface area contributed by atoms with Crippen LogP contribution >= 0.6 is 22.9 Å². The van der Waals surface area contributed by atoms with Crippen molar-refractivity contribution >= 4 is 22.9 Å². The van der Waals surface area contributed by atoms with Crippen molar-refractivity contribution in [3.63, 3.8) is 0 Å². The van der Waals surface area contributed by atoms with Crippen molar-refractivity contribution < 1.29 is 4.74 Å². The molecule has 4 heteroatoms. The molecule has 1 heterocycles. The lowest BCUT2D eigenvalue weighted by Crippen LogP contribution is -2.13. The number of benzene rings is 1. The third-order valence-corrected chi connectivity index (χ3v) is 3.59. The summed E-state index contributed by atoms with van der Waals surface area (Å²) in [5.41, 5.74) is 2.30. The summed E-state index contributed by atoms with van der Waals surface area (Å²) in [4.78, 5) is 0. The van der Waals surface area contributed by atoms with Crippen molar-refractivity contribution in [1.29, 1.82) is 0 Å². The zero-order valence-corrected chi connectivity index (χ0v) is 11.1. The molecule has 2 aromatic rings. The second kappa shape index (κ2) is 6.05. The van der Waals surface area contributed by atoms with E-state index in [2.05, 4.69) is 22.1 Å². The summed E-state index contributed by atoms with van der Waals surface area (Å²) < 4.78 is 5.29. The van der Waals surface area contributed by atoms with Gasteiger partial charge in [0.05, 0.1) is 7.11 Å². The minimum absolute atomic E-state index is 0.707. The maximum atomic E-state index is 6.15. The molecule has 0 aliphatic rings. The van der Waals surface area contributed by atoms with Gasteiger partial charge < -0.3 is 10.1 Å². The minimum atomic E-state index is 0.707. The number of ether oxygens (including phenoxy) is 1. The molecule has 0 saturated heterocycles. The number of nitrogens with one attached hydrogen (secondary N) is 1. The lowest BCUT2D eigenvalue weighted by Gasteiger charge is -2.10. The molecule has 2 rings (SSSR count). The van der Waals surface area contributed by atoms with Crippen molar-refractivity contribution in [2.45, 2.75) is 13.1 Å². The lowest BCUT2D eigenvalue weighted by molar-refractivity contribution is 0.407. The predicted octanol–water partition coefficient (Wildman–Crippen LogP) is 3.70. The Hall–Kier alpha value is -1.03. The molecular formula is C13H14ClNOS. The summed E-state index contributed by atoms with van der Waals surface area (Å²) in [6.07, 6.45) is 0. The number of hydrogen-bond donors (Lipinski definition) is 1. The van der Waals surface area contributed by atoms with Crippen molar-refractivity contribution in [2.75, 3.05) is 7.11 Å². The van der Waals surface area contributed by atoms with Crippen LogP contribution in [0.5, 0.6) is 5.75 Å². The molecule has 0 unspecified atom stereocenters. The number of thiophene rings is 1. The summed E-state index contributed by atoms with van der Waals surface area (Å²) in [6, 6.07) is 7.81. The molecule has 0 saturated carbocycles. The quantitative estimate of drug-likeness (QED) is 0.892. The molecule has 1 aromatic heterocycles. The van der Waals surface area contributed by atoms with Crippen molar-refractivity contribution in [3.05, 3.63) is 51.2 Å². The SMILES string of the molecule is COc1cccc(Cl)c1CNCc1ccsc1. The van der Waals surface area contributed by atoms with Crippen LogP contribution in [0, 0.1) is 0 Å². The van der Waals surface area contributed by atoms with Crippen molar-refractivity contribution in [3.8, 4) is 5.75 Å². The highest BCUT2D eigenvalue weighted by Crippen LogP contribution is 2.25. The maximum absolute atomic E-state index is 6.15. The fourth-order valence-electron chi connectivity index (χ4n) is 1.63. The van der Waals surface area contributed by atoms with E-state index in [0.29, 0.717) is 6.54 Å². The molecule has 90 valence electrons. The van der Waals surface area contributed by atoms with E-state index in [1.807, 2.05) is 18.2 Å². The van der Waals surface area contributed by atoms with Gasteiger partial charge in [0.1, 0.15) is 5.75 Å². The van der Waals surface area contributed by atoms with E-state index in [-0.39, 0.29) is 0 Å². The monoisotopic (exact) mass is 267 g/mol. The van der Waals surface area contributed by atoms with Crippen LogP contribution in [0.15, 0.2) is 35.0 Å². The highest BCUT2D eigenvalue weighted by molar-refractivity contribution is 7.07. The van der Waals surface area contributed by atoms with Crippen LogP contribution in [-0.4, -0.2) is 7.11 Å². The van der Waals surface area contributed by atoms with Gasteiger partial charge in [0, 0.05) is 23.7 Å². The zero-order valence-electron chi connectivity index (χ0n) is 9.57. The maximum Gasteiger partial charge on any atom is 0.124 e. The first kappa shape index (κ1) is 12.4. The highest BCUT2D eigenvalue weighted by Gasteiger charge is 2.06. The van der Waals surface area contributed by atoms with Gasteiger partial charge >= 0.3 is 0 Å². The third-order valence-electron chi connectivity index (χ3n) is 2.51. The van der Waals surface area contributed by atoms with Crippen LogP contribution in [0.1, 0.15) is 11.1 Å². The molecule has 0 spiro atoms. The Morgan fingerprint density at radius 1 is 1.29 bits per heavy atom. The minimum Gasteiger partial charge on any atom is -0.496 e. The van der Waals surface area contributed by atoms with Gasteiger partial charge in [0.15, 0.2) is 0 Å². The normalized spacial score (nSPS) is 10.5. The van der Waals surface area contributed by atoms with E-state index in [9.17, 15) is 0 Å².